The van der Waals surface area contributed by atoms with Gasteiger partial charge in [0.15, 0.2) is 0 Å². The monoisotopic (exact) mass is 385 g/mol. The van der Waals surface area contributed by atoms with Crippen molar-refractivity contribution in [1.82, 2.24) is 14.7 Å². The Bertz CT molecular complexity index is 822. The number of para-hydroxylation sites is 1. The van der Waals surface area contributed by atoms with Crippen LogP contribution >= 0.6 is 0 Å². The lowest BCUT2D eigenvalue weighted by atomic mass is 10.1. The zero-order chi connectivity index (χ0) is 20.1. The van der Waals surface area contributed by atoms with Gasteiger partial charge < -0.3 is 20.3 Å². The van der Waals surface area contributed by atoms with Crippen molar-refractivity contribution in [3.63, 3.8) is 0 Å². The lowest BCUT2D eigenvalue weighted by molar-refractivity contribution is -0.116. The minimum absolute atomic E-state index is 0.0519. The van der Waals surface area contributed by atoms with Crippen LogP contribution in [0.4, 0.5) is 16.2 Å². The van der Waals surface area contributed by atoms with Crippen LogP contribution in [-0.4, -0.2) is 52.9 Å². The fraction of sp³-hybridized carbons (Fsp3) is 0.450. The number of ether oxygens (including phenoxy) is 1. The van der Waals surface area contributed by atoms with Crippen LogP contribution in [-0.2, 0) is 16.1 Å². The van der Waals surface area contributed by atoms with E-state index in [-0.39, 0.29) is 24.6 Å². The van der Waals surface area contributed by atoms with E-state index < -0.39 is 0 Å². The Morgan fingerprint density at radius 2 is 2.04 bits per heavy atom. The van der Waals surface area contributed by atoms with E-state index in [2.05, 4.69) is 15.7 Å². The molecule has 150 valence electrons. The minimum atomic E-state index is -0.367. The van der Waals surface area contributed by atoms with Gasteiger partial charge in [-0.1, -0.05) is 18.2 Å². The fourth-order valence-electron chi connectivity index (χ4n) is 3.22. The average molecular weight is 385 g/mol. The highest BCUT2D eigenvalue weighted by molar-refractivity contribution is 5.97. The summed E-state index contributed by atoms with van der Waals surface area (Å²) in [5.74, 6) is -0.246. The number of nitrogens with zero attached hydrogens (tertiary/aromatic N) is 3. The van der Waals surface area contributed by atoms with Gasteiger partial charge in [-0.05, 0) is 37.8 Å². The first-order valence-electron chi connectivity index (χ1n) is 9.44. The molecule has 1 saturated heterocycles. The summed E-state index contributed by atoms with van der Waals surface area (Å²) in [7, 11) is 1.58. The average Bonchev–Trinajstić information content (AvgIpc) is 3.31. The minimum Gasteiger partial charge on any atom is -0.376 e. The molecule has 0 aliphatic carbocycles. The van der Waals surface area contributed by atoms with Crippen LogP contribution in [0, 0.1) is 13.8 Å². The number of urea groups is 1. The Kier molecular flexibility index (Phi) is 6.30. The quantitative estimate of drug-likeness (QED) is 0.800. The highest BCUT2D eigenvalue weighted by Crippen LogP contribution is 2.19. The zero-order valence-corrected chi connectivity index (χ0v) is 16.6. The second-order valence-electron chi connectivity index (χ2n) is 7.19. The first-order valence-corrected chi connectivity index (χ1v) is 9.44. The molecule has 0 saturated carbocycles. The van der Waals surface area contributed by atoms with E-state index in [1.54, 1.807) is 24.1 Å². The topological polar surface area (TPSA) is 88.5 Å². The molecule has 1 aliphatic rings. The van der Waals surface area contributed by atoms with E-state index in [0.717, 1.165) is 36.3 Å². The Hall–Kier alpha value is -2.87. The molecule has 2 N–H and O–H groups in total. The number of likely N-dealkylation sites (N-methyl/N-ethyl adjacent to an activating group) is 1. The van der Waals surface area contributed by atoms with E-state index in [4.69, 9.17) is 4.74 Å². The van der Waals surface area contributed by atoms with Gasteiger partial charge in [0.25, 0.3) is 0 Å². The number of benzene rings is 1. The maximum absolute atomic E-state index is 12.4. The van der Waals surface area contributed by atoms with Crippen molar-refractivity contribution in [2.75, 3.05) is 30.8 Å². The van der Waals surface area contributed by atoms with Gasteiger partial charge in [-0.25, -0.2) is 4.79 Å². The lowest BCUT2D eigenvalue weighted by Gasteiger charge is -2.18. The van der Waals surface area contributed by atoms with E-state index in [9.17, 15) is 9.59 Å². The third-order valence-corrected chi connectivity index (χ3v) is 4.77. The van der Waals surface area contributed by atoms with Crippen molar-refractivity contribution < 1.29 is 14.3 Å². The molecule has 8 nitrogen and oxygen atoms in total. The number of aromatic nitrogens is 2. The van der Waals surface area contributed by atoms with Gasteiger partial charge in [-0.15, -0.1) is 0 Å². The Morgan fingerprint density at radius 3 is 2.71 bits per heavy atom. The molecule has 1 aromatic heterocycles. The predicted molar refractivity (Wildman–Crippen MR) is 107 cm³/mol. The molecule has 2 aromatic rings. The number of rotatable bonds is 6. The third-order valence-electron chi connectivity index (χ3n) is 4.77. The van der Waals surface area contributed by atoms with Crippen molar-refractivity contribution in [2.45, 2.75) is 39.3 Å². The van der Waals surface area contributed by atoms with Crippen LogP contribution in [0.15, 0.2) is 30.6 Å². The molecule has 1 fully saturated rings. The molecule has 1 atom stereocenters. The summed E-state index contributed by atoms with van der Waals surface area (Å²) in [6.07, 6.45) is 5.64. The maximum Gasteiger partial charge on any atom is 0.322 e. The number of nitrogens with one attached hydrogen (secondary N) is 2. The maximum atomic E-state index is 12.4. The van der Waals surface area contributed by atoms with E-state index in [0.29, 0.717) is 12.2 Å². The van der Waals surface area contributed by atoms with Crippen molar-refractivity contribution in [2.24, 2.45) is 0 Å². The Morgan fingerprint density at radius 1 is 1.29 bits per heavy atom. The molecular formula is C20H27N5O3. The predicted octanol–water partition coefficient (Wildman–Crippen LogP) is 2.78. The molecule has 28 heavy (non-hydrogen) atoms. The summed E-state index contributed by atoms with van der Waals surface area (Å²) >= 11 is 0. The molecule has 1 aromatic carbocycles. The van der Waals surface area contributed by atoms with Gasteiger partial charge in [0.2, 0.25) is 5.91 Å². The van der Waals surface area contributed by atoms with Gasteiger partial charge in [-0.3, -0.25) is 9.48 Å². The molecular weight excluding hydrogens is 358 g/mol. The zero-order valence-electron chi connectivity index (χ0n) is 16.6. The van der Waals surface area contributed by atoms with Crippen LogP contribution < -0.4 is 10.6 Å². The van der Waals surface area contributed by atoms with E-state index in [1.807, 2.05) is 32.0 Å². The van der Waals surface area contributed by atoms with Gasteiger partial charge >= 0.3 is 6.03 Å². The number of carbonyl (C=O) groups excluding carboxylic acids is 2. The first-order chi connectivity index (χ1) is 13.4. The van der Waals surface area contributed by atoms with E-state index in [1.165, 1.54) is 4.90 Å². The molecule has 1 aliphatic heterocycles. The standard InChI is InChI=1S/C20H27N5O3/c1-14-6-4-7-15(2)19(14)23-18(26)13-24(3)20(27)22-16-10-21-25(11-16)12-17-8-5-9-28-17/h4,6-7,10-11,17H,5,8-9,12-13H2,1-3H3,(H,22,27)(H,23,26). The molecule has 0 spiro atoms. The highest BCUT2D eigenvalue weighted by Gasteiger charge is 2.18. The number of hydrogen-bond donors (Lipinski definition) is 2. The van der Waals surface area contributed by atoms with Crippen molar-refractivity contribution in [3.05, 3.63) is 41.7 Å². The number of amides is 3. The summed E-state index contributed by atoms with van der Waals surface area (Å²) in [4.78, 5) is 26.0. The van der Waals surface area contributed by atoms with Gasteiger partial charge in [0, 0.05) is 25.5 Å². The second-order valence-corrected chi connectivity index (χ2v) is 7.19. The molecule has 1 unspecified atom stereocenters. The van der Waals surface area contributed by atoms with Crippen LogP contribution in [0.2, 0.25) is 0 Å². The fourth-order valence-corrected chi connectivity index (χ4v) is 3.22. The molecule has 0 radical (unpaired) electrons. The summed E-state index contributed by atoms with van der Waals surface area (Å²) in [5.41, 5.74) is 3.35. The third kappa shape index (κ3) is 5.10. The summed E-state index contributed by atoms with van der Waals surface area (Å²) in [5, 5.41) is 9.90. The van der Waals surface area contributed by atoms with Crippen LogP contribution in [0.5, 0.6) is 0 Å². The molecule has 3 rings (SSSR count). The molecule has 0 bridgehead atoms. The Labute approximate surface area is 164 Å². The summed E-state index contributed by atoms with van der Waals surface area (Å²) in [6.45, 7) is 5.29. The number of hydrogen-bond acceptors (Lipinski definition) is 4. The number of aryl methyl sites for hydroxylation is 2. The number of anilines is 2. The first kappa shape index (κ1) is 19.9. The van der Waals surface area contributed by atoms with Crippen LogP contribution in [0.25, 0.3) is 0 Å². The van der Waals surface area contributed by atoms with Gasteiger partial charge in [0.1, 0.15) is 6.54 Å². The Balaban J connectivity index is 1.50. The van der Waals surface area contributed by atoms with Crippen molar-refractivity contribution >= 4 is 23.3 Å². The lowest BCUT2D eigenvalue weighted by Crippen LogP contribution is -2.37. The van der Waals surface area contributed by atoms with Crippen molar-refractivity contribution in [3.8, 4) is 0 Å². The molecule has 3 amide bonds. The second kappa shape index (κ2) is 8.88. The van der Waals surface area contributed by atoms with Gasteiger partial charge in [-0.2, -0.15) is 5.10 Å². The number of carbonyl (C=O) groups is 2. The van der Waals surface area contributed by atoms with Crippen molar-refractivity contribution in [1.29, 1.82) is 0 Å². The summed E-state index contributed by atoms with van der Waals surface area (Å²) in [6, 6.07) is 5.45. The summed E-state index contributed by atoms with van der Waals surface area (Å²) < 4.78 is 7.36. The molecule has 8 heteroatoms. The van der Waals surface area contributed by atoms with Gasteiger partial charge in [0.05, 0.1) is 24.5 Å². The highest BCUT2D eigenvalue weighted by atomic mass is 16.5. The SMILES string of the molecule is Cc1cccc(C)c1NC(=O)CN(C)C(=O)Nc1cnn(CC2CCCO2)c1. The smallest absolute Gasteiger partial charge is 0.322 e. The van der Waals surface area contributed by atoms with Crippen LogP contribution in [0.3, 0.4) is 0 Å². The normalized spacial score (nSPS) is 16.0. The van der Waals surface area contributed by atoms with Crippen LogP contribution in [0.1, 0.15) is 24.0 Å². The largest absolute Gasteiger partial charge is 0.376 e. The van der Waals surface area contributed by atoms with E-state index >= 15 is 0 Å². The molecule has 2 heterocycles.